The number of nitrogens with zero attached hydrogens (tertiary/aromatic N) is 1. The average molecular weight is 298 g/mol. The molecule has 0 aliphatic carbocycles. The molecular weight excluding hydrogens is 277 g/mol. The average Bonchev–Trinajstić information content (AvgIpc) is 2.77. The molecular formula is C11H21Cl2N3O2. The molecule has 3 N–H and O–H groups in total. The summed E-state index contributed by atoms with van der Waals surface area (Å²) in [5, 5.41) is 2.82. The Morgan fingerprint density at radius 2 is 2.17 bits per heavy atom. The maximum Gasteiger partial charge on any atom is 0.254 e. The lowest BCUT2D eigenvalue weighted by atomic mass is 10.3. The molecule has 1 aromatic rings. The van der Waals surface area contributed by atoms with Crippen LogP contribution < -0.4 is 11.1 Å². The number of hydrogen-bond donors (Lipinski definition) is 2. The van der Waals surface area contributed by atoms with Gasteiger partial charge in [-0.1, -0.05) is 6.92 Å². The van der Waals surface area contributed by atoms with E-state index in [-0.39, 0.29) is 30.7 Å². The zero-order chi connectivity index (χ0) is 12.0. The van der Waals surface area contributed by atoms with Crippen molar-refractivity contribution in [3.63, 3.8) is 0 Å². The highest BCUT2D eigenvalue weighted by atomic mass is 35.5. The minimum absolute atomic E-state index is 0. The zero-order valence-electron chi connectivity index (χ0n) is 10.6. The molecule has 0 radical (unpaired) electrons. The summed E-state index contributed by atoms with van der Waals surface area (Å²) in [6, 6.07) is 1.67. The number of nitrogens with one attached hydrogen (secondary N) is 1. The van der Waals surface area contributed by atoms with E-state index in [9.17, 15) is 4.79 Å². The molecule has 0 fully saturated rings. The van der Waals surface area contributed by atoms with Crippen molar-refractivity contribution in [2.75, 3.05) is 26.7 Å². The lowest BCUT2D eigenvalue weighted by molar-refractivity contribution is 0.0949. The van der Waals surface area contributed by atoms with Gasteiger partial charge in [0.15, 0.2) is 0 Å². The summed E-state index contributed by atoms with van der Waals surface area (Å²) in [4.78, 5) is 13.7. The molecule has 1 heterocycles. The van der Waals surface area contributed by atoms with Crippen molar-refractivity contribution < 1.29 is 9.21 Å². The summed E-state index contributed by atoms with van der Waals surface area (Å²) in [5.41, 5.74) is 5.92. The van der Waals surface area contributed by atoms with Crippen molar-refractivity contribution in [2.24, 2.45) is 5.73 Å². The van der Waals surface area contributed by atoms with Crippen molar-refractivity contribution in [3.05, 3.63) is 23.7 Å². The highest BCUT2D eigenvalue weighted by Crippen LogP contribution is 2.06. The van der Waals surface area contributed by atoms with Gasteiger partial charge in [0, 0.05) is 13.1 Å². The third-order valence-electron chi connectivity index (χ3n) is 2.44. The van der Waals surface area contributed by atoms with E-state index in [0.29, 0.717) is 24.4 Å². The van der Waals surface area contributed by atoms with Gasteiger partial charge in [0.1, 0.15) is 12.0 Å². The summed E-state index contributed by atoms with van der Waals surface area (Å²) >= 11 is 0. The normalized spacial score (nSPS) is 9.56. The predicted octanol–water partition coefficient (Wildman–Crippen LogP) is 1.26. The molecule has 0 unspecified atom stereocenters. The van der Waals surface area contributed by atoms with Crippen LogP contribution in [0.4, 0.5) is 0 Å². The number of carbonyl (C=O) groups excluding carboxylic acids is 1. The number of carbonyl (C=O) groups is 1. The molecule has 1 amide bonds. The number of rotatable bonds is 6. The van der Waals surface area contributed by atoms with Gasteiger partial charge in [-0.2, -0.15) is 0 Å². The Morgan fingerprint density at radius 1 is 1.50 bits per heavy atom. The maximum absolute atomic E-state index is 11.6. The molecule has 1 rings (SSSR count). The van der Waals surface area contributed by atoms with Gasteiger partial charge in [-0.05, 0) is 19.7 Å². The van der Waals surface area contributed by atoms with Gasteiger partial charge in [0.25, 0.3) is 5.91 Å². The predicted molar refractivity (Wildman–Crippen MR) is 76.6 cm³/mol. The summed E-state index contributed by atoms with van der Waals surface area (Å²) in [5.74, 6) is 0.503. The largest absolute Gasteiger partial charge is 0.467 e. The Hall–Kier alpha value is -0.750. The lowest BCUT2D eigenvalue weighted by Gasteiger charge is -2.13. The van der Waals surface area contributed by atoms with Gasteiger partial charge in [0.2, 0.25) is 0 Å². The fourth-order valence-electron chi connectivity index (χ4n) is 1.23. The molecule has 0 spiro atoms. The summed E-state index contributed by atoms with van der Waals surface area (Å²) in [7, 11) is 2.01. The van der Waals surface area contributed by atoms with Gasteiger partial charge in [-0.3, -0.25) is 4.79 Å². The van der Waals surface area contributed by atoms with Crippen LogP contribution in [0.25, 0.3) is 0 Å². The first-order valence-corrected chi connectivity index (χ1v) is 5.41. The number of likely N-dealkylation sites (N-methyl/N-ethyl adjacent to an activating group) is 1. The van der Waals surface area contributed by atoms with Crippen molar-refractivity contribution in [3.8, 4) is 0 Å². The monoisotopic (exact) mass is 297 g/mol. The van der Waals surface area contributed by atoms with Crippen LogP contribution in [0.3, 0.4) is 0 Å². The fourth-order valence-corrected chi connectivity index (χ4v) is 1.23. The molecule has 0 aliphatic rings. The highest BCUT2D eigenvalue weighted by molar-refractivity contribution is 5.93. The topological polar surface area (TPSA) is 71.5 Å². The van der Waals surface area contributed by atoms with Crippen LogP contribution in [0, 0.1) is 0 Å². The molecule has 0 atom stereocenters. The smallest absolute Gasteiger partial charge is 0.254 e. The van der Waals surface area contributed by atoms with Gasteiger partial charge in [-0.25, -0.2) is 0 Å². The Kier molecular flexibility index (Phi) is 11.1. The minimum atomic E-state index is -0.118. The molecule has 0 saturated heterocycles. The second kappa shape index (κ2) is 10.2. The third kappa shape index (κ3) is 6.26. The fraction of sp³-hybridized carbons (Fsp3) is 0.545. The molecule has 0 bridgehead atoms. The molecule has 0 saturated carbocycles. The van der Waals surface area contributed by atoms with E-state index in [4.69, 9.17) is 10.2 Å². The number of hydrogen-bond acceptors (Lipinski definition) is 4. The van der Waals surface area contributed by atoms with Gasteiger partial charge >= 0.3 is 0 Å². The maximum atomic E-state index is 11.6. The minimum Gasteiger partial charge on any atom is -0.467 e. The molecule has 0 aliphatic heterocycles. The van der Waals surface area contributed by atoms with E-state index in [2.05, 4.69) is 17.1 Å². The van der Waals surface area contributed by atoms with E-state index in [1.54, 1.807) is 6.07 Å². The first-order valence-electron chi connectivity index (χ1n) is 5.41. The van der Waals surface area contributed by atoms with Crippen LogP contribution in [0.2, 0.25) is 0 Å². The molecule has 0 aromatic carbocycles. The zero-order valence-corrected chi connectivity index (χ0v) is 12.3. The second-order valence-electron chi connectivity index (χ2n) is 3.66. The van der Waals surface area contributed by atoms with E-state index in [1.807, 2.05) is 7.05 Å². The third-order valence-corrected chi connectivity index (χ3v) is 2.44. The van der Waals surface area contributed by atoms with Gasteiger partial charge in [-0.15, -0.1) is 24.8 Å². The van der Waals surface area contributed by atoms with Gasteiger partial charge in [0.05, 0.1) is 12.1 Å². The van der Waals surface area contributed by atoms with Crippen molar-refractivity contribution in [2.45, 2.75) is 13.5 Å². The SMILES string of the molecule is CCN(C)CCNC(=O)c1coc(CN)c1.Cl.Cl. The molecule has 7 heteroatoms. The van der Waals surface area contributed by atoms with E-state index >= 15 is 0 Å². The Bertz CT molecular complexity index is 345. The van der Waals surface area contributed by atoms with Crippen LogP contribution >= 0.6 is 24.8 Å². The van der Waals surface area contributed by atoms with Crippen LogP contribution in [0.1, 0.15) is 23.0 Å². The van der Waals surface area contributed by atoms with Crippen LogP contribution in [-0.2, 0) is 6.54 Å². The number of halogens is 2. The standard InChI is InChI=1S/C11H19N3O2.2ClH/c1-3-14(2)5-4-13-11(15)9-6-10(7-12)16-8-9;;/h6,8H,3-5,7,12H2,1-2H3,(H,13,15);2*1H. The van der Waals surface area contributed by atoms with Crippen molar-refractivity contribution in [1.29, 1.82) is 0 Å². The quantitative estimate of drug-likeness (QED) is 0.829. The van der Waals surface area contributed by atoms with E-state index in [0.717, 1.165) is 13.1 Å². The highest BCUT2D eigenvalue weighted by Gasteiger charge is 2.08. The lowest BCUT2D eigenvalue weighted by Crippen LogP contribution is -2.32. The first kappa shape index (κ1) is 19.6. The molecule has 18 heavy (non-hydrogen) atoms. The van der Waals surface area contributed by atoms with Crippen LogP contribution in [0.5, 0.6) is 0 Å². The Labute approximate surface area is 120 Å². The van der Waals surface area contributed by atoms with E-state index in [1.165, 1.54) is 6.26 Å². The van der Waals surface area contributed by atoms with Crippen molar-refractivity contribution >= 4 is 30.7 Å². The summed E-state index contributed by atoms with van der Waals surface area (Å²) < 4.78 is 5.09. The second-order valence-corrected chi connectivity index (χ2v) is 3.66. The van der Waals surface area contributed by atoms with Crippen LogP contribution in [0.15, 0.2) is 16.7 Å². The number of amides is 1. The van der Waals surface area contributed by atoms with Crippen LogP contribution in [-0.4, -0.2) is 37.5 Å². The molecule has 5 nitrogen and oxygen atoms in total. The Balaban J connectivity index is 0. The molecule has 106 valence electrons. The first-order chi connectivity index (χ1) is 7.67. The number of nitrogens with two attached hydrogens (primary N) is 1. The summed E-state index contributed by atoms with van der Waals surface area (Å²) in [6.07, 6.45) is 1.43. The number of furan rings is 1. The summed E-state index contributed by atoms with van der Waals surface area (Å²) in [6.45, 7) is 4.83. The van der Waals surface area contributed by atoms with Crippen molar-refractivity contribution in [1.82, 2.24) is 10.2 Å². The Morgan fingerprint density at radius 3 is 2.67 bits per heavy atom. The molecule has 1 aromatic heterocycles. The van der Waals surface area contributed by atoms with E-state index < -0.39 is 0 Å². The van der Waals surface area contributed by atoms with Gasteiger partial charge < -0.3 is 20.4 Å².